The van der Waals surface area contributed by atoms with E-state index in [2.05, 4.69) is 29.6 Å². The van der Waals surface area contributed by atoms with Gasteiger partial charge in [-0.25, -0.2) is 0 Å². The van der Waals surface area contributed by atoms with Crippen LogP contribution in [0.1, 0.15) is 36.8 Å². The molecular formula is C18H20ClNO. The molecule has 0 radical (unpaired) electrons. The second-order valence-electron chi connectivity index (χ2n) is 5.40. The van der Waals surface area contributed by atoms with Gasteiger partial charge in [0.25, 0.3) is 0 Å². The van der Waals surface area contributed by atoms with Gasteiger partial charge in [-0.1, -0.05) is 35.9 Å². The monoisotopic (exact) mass is 301 g/mol. The molecule has 110 valence electrons. The maximum Gasteiger partial charge on any atom is 0.142 e. The van der Waals surface area contributed by atoms with Crippen molar-refractivity contribution < 1.29 is 4.74 Å². The van der Waals surface area contributed by atoms with Gasteiger partial charge in [0.05, 0.1) is 12.3 Å². The van der Waals surface area contributed by atoms with Crippen molar-refractivity contribution in [2.24, 2.45) is 0 Å². The lowest BCUT2D eigenvalue weighted by molar-refractivity contribution is 0.341. The molecule has 0 heterocycles. The van der Waals surface area contributed by atoms with E-state index in [1.807, 2.05) is 25.1 Å². The maximum atomic E-state index is 6.09. The number of halogens is 1. The number of anilines is 1. The topological polar surface area (TPSA) is 21.3 Å². The summed E-state index contributed by atoms with van der Waals surface area (Å²) in [6, 6.07) is 14.4. The lowest BCUT2D eigenvalue weighted by Gasteiger charge is -2.14. The second-order valence-corrected chi connectivity index (χ2v) is 5.84. The zero-order chi connectivity index (χ0) is 14.7. The van der Waals surface area contributed by atoms with Gasteiger partial charge in [-0.15, -0.1) is 0 Å². The highest BCUT2D eigenvalue weighted by Gasteiger charge is 2.25. The summed E-state index contributed by atoms with van der Waals surface area (Å²) >= 11 is 6.09. The normalized spacial score (nSPS) is 14.0. The summed E-state index contributed by atoms with van der Waals surface area (Å²) in [6.45, 7) is 3.43. The van der Waals surface area contributed by atoms with E-state index in [-0.39, 0.29) is 0 Å². The fourth-order valence-electron chi connectivity index (χ4n) is 2.60. The van der Waals surface area contributed by atoms with Crippen molar-refractivity contribution in [2.45, 2.75) is 32.2 Å². The standard InChI is InChI=1S/C18H20ClNO/c1-2-21-18-10-9-15(19)11-17(18)20-12-14-5-3-4-6-16(14)13-7-8-13/h3-6,9-11,13,20H,2,7-8,12H2,1H3. The zero-order valence-corrected chi connectivity index (χ0v) is 13.0. The Morgan fingerprint density at radius 3 is 2.76 bits per heavy atom. The Bertz CT molecular complexity index is 622. The van der Waals surface area contributed by atoms with Gasteiger partial charge in [-0.2, -0.15) is 0 Å². The third-order valence-corrected chi connectivity index (χ3v) is 4.02. The van der Waals surface area contributed by atoms with E-state index in [0.717, 1.165) is 28.9 Å². The van der Waals surface area contributed by atoms with Crippen molar-refractivity contribution in [3.05, 3.63) is 58.6 Å². The summed E-state index contributed by atoms with van der Waals surface area (Å²) in [7, 11) is 0. The van der Waals surface area contributed by atoms with Crippen molar-refractivity contribution >= 4 is 17.3 Å². The molecular weight excluding hydrogens is 282 g/mol. The highest BCUT2D eigenvalue weighted by Crippen LogP contribution is 2.41. The molecule has 0 amide bonds. The first kappa shape index (κ1) is 14.3. The van der Waals surface area contributed by atoms with Crippen molar-refractivity contribution in [1.29, 1.82) is 0 Å². The van der Waals surface area contributed by atoms with Crippen molar-refractivity contribution in [3.8, 4) is 5.75 Å². The van der Waals surface area contributed by atoms with Crippen LogP contribution in [0, 0.1) is 0 Å². The SMILES string of the molecule is CCOc1ccc(Cl)cc1NCc1ccccc1C1CC1. The van der Waals surface area contributed by atoms with Gasteiger partial charge in [0.1, 0.15) is 5.75 Å². The van der Waals surface area contributed by atoms with E-state index in [0.29, 0.717) is 6.61 Å². The predicted octanol–water partition coefficient (Wildman–Crippen LogP) is 5.23. The highest BCUT2D eigenvalue weighted by molar-refractivity contribution is 6.30. The third-order valence-electron chi connectivity index (χ3n) is 3.78. The largest absolute Gasteiger partial charge is 0.492 e. The number of hydrogen-bond acceptors (Lipinski definition) is 2. The van der Waals surface area contributed by atoms with Crippen LogP contribution in [0.3, 0.4) is 0 Å². The van der Waals surface area contributed by atoms with Crippen LogP contribution in [0.5, 0.6) is 5.75 Å². The minimum atomic E-state index is 0.648. The number of benzene rings is 2. The fraction of sp³-hybridized carbons (Fsp3) is 0.333. The molecule has 0 aromatic heterocycles. The van der Waals surface area contributed by atoms with Crippen LogP contribution in [-0.4, -0.2) is 6.61 Å². The molecule has 21 heavy (non-hydrogen) atoms. The Morgan fingerprint density at radius 1 is 1.19 bits per heavy atom. The molecule has 0 unspecified atom stereocenters. The van der Waals surface area contributed by atoms with Crippen molar-refractivity contribution in [3.63, 3.8) is 0 Å². The van der Waals surface area contributed by atoms with Gasteiger partial charge in [0.2, 0.25) is 0 Å². The molecule has 1 fully saturated rings. The Morgan fingerprint density at radius 2 is 2.00 bits per heavy atom. The maximum absolute atomic E-state index is 6.09. The average molecular weight is 302 g/mol. The van der Waals surface area contributed by atoms with Gasteiger partial charge in [-0.05, 0) is 55.0 Å². The molecule has 0 aliphatic heterocycles. The summed E-state index contributed by atoms with van der Waals surface area (Å²) in [5.74, 6) is 1.61. The number of nitrogens with one attached hydrogen (secondary N) is 1. The Kier molecular flexibility index (Phi) is 4.35. The van der Waals surface area contributed by atoms with Crippen LogP contribution >= 0.6 is 11.6 Å². The molecule has 2 aromatic rings. The Hall–Kier alpha value is -1.67. The minimum Gasteiger partial charge on any atom is -0.492 e. The van der Waals surface area contributed by atoms with Crippen LogP contribution in [0.2, 0.25) is 5.02 Å². The Labute approximate surface area is 131 Å². The first-order valence-electron chi connectivity index (χ1n) is 7.52. The van der Waals surface area contributed by atoms with Crippen molar-refractivity contribution in [1.82, 2.24) is 0 Å². The first-order chi connectivity index (χ1) is 10.3. The quantitative estimate of drug-likeness (QED) is 0.789. The molecule has 0 atom stereocenters. The zero-order valence-electron chi connectivity index (χ0n) is 12.2. The van der Waals surface area contributed by atoms with E-state index in [1.165, 1.54) is 24.0 Å². The van der Waals surface area contributed by atoms with Gasteiger partial charge in [0.15, 0.2) is 0 Å². The smallest absolute Gasteiger partial charge is 0.142 e. The van der Waals surface area contributed by atoms with Crippen LogP contribution in [-0.2, 0) is 6.54 Å². The summed E-state index contributed by atoms with van der Waals surface area (Å²) in [5.41, 5.74) is 3.79. The van der Waals surface area contributed by atoms with E-state index in [1.54, 1.807) is 0 Å². The van der Waals surface area contributed by atoms with Crippen LogP contribution in [0.4, 0.5) is 5.69 Å². The van der Waals surface area contributed by atoms with Crippen LogP contribution in [0.15, 0.2) is 42.5 Å². The van der Waals surface area contributed by atoms with Crippen LogP contribution < -0.4 is 10.1 Å². The lowest BCUT2D eigenvalue weighted by atomic mass is 10.0. The van der Waals surface area contributed by atoms with E-state index >= 15 is 0 Å². The van der Waals surface area contributed by atoms with Gasteiger partial charge in [-0.3, -0.25) is 0 Å². The summed E-state index contributed by atoms with van der Waals surface area (Å²) in [5, 5.41) is 4.19. The van der Waals surface area contributed by atoms with E-state index in [9.17, 15) is 0 Å². The fourth-order valence-corrected chi connectivity index (χ4v) is 2.77. The van der Waals surface area contributed by atoms with Gasteiger partial charge in [0, 0.05) is 11.6 Å². The molecule has 1 saturated carbocycles. The van der Waals surface area contributed by atoms with Gasteiger partial charge < -0.3 is 10.1 Å². The predicted molar refractivity (Wildman–Crippen MR) is 88.4 cm³/mol. The second kappa shape index (κ2) is 6.40. The summed E-state index contributed by atoms with van der Waals surface area (Å²) in [4.78, 5) is 0. The molecule has 0 spiro atoms. The van der Waals surface area contributed by atoms with E-state index in [4.69, 9.17) is 16.3 Å². The van der Waals surface area contributed by atoms with Gasteiger partial charge >= 0.3 is 0 Å². The Balaban J connectivity index is 1.77. The number of ether oxygens (including phenoxy) is 1. The first-order valence-corrected chi connectivity index (χ1v) is 7.89. The highest BCUT2D eigenvalue weighted by atomic mass is 35.5. The molecule has 1 aliphatic carbocycles. The third kappa shape index (κ3) is 3.51. The average Bonchev–Trinajstić information content (AvgIpc) is 3.33. The molecule has 1 aliphatic rings. The molecule has 3 rings (SSSR count). The lowest BCUT2D eigenvalue weighted by Crippen LogP contribution is -2.04. The molecule has 0 saturated heterocycles. The molecule has 2 aromatic carbocycles. The van der Waals surface area contributed by atoms with Crippen molar-refractivity contribution in [2.75, 3.05) is 11.9 Å². The molecule has 1 N–H and O–H groups in total. The molecule has 3 heteroatoms. The molecule has 0 bridgehead atoms. The van der Waals surface area contributed by atoms with E-state index < -0.39 is 0 Å². The van der Waals surface area contributed by atoms with Crippen LogP contribution in [0.25, 0.3) is 0 Å². The number of rotatable bonds is 6. The summed E-state index contributed by atoms with van der Waals surface area (Å²) < 4.78 is 5.65. The molecule has 2 nitrogen and oxygen atoms in total. The minimum absolute atomic E-state index is 0.648. The summed E-state index contributed by atoms with van der Waals surface area (Å²) in [6.07, 6.45) is 2.64. The number of hydrogen-bond donors (Lipinski definition) is 1.